The minimum Gasteiger partial charge on any atom is -0.0850 e. The van der Waals surface area contributed by atoms with Crippen LogP contribution in [0, 0.1) is 17.8 Å². The summed E-state index contributed by atoms with van der Waals surface area (Å²) >= 11 is 4.11. The number of fused-ring (bicyclic) bond motifs is 2. The molecule has 14 heavy (non-hydrogen) atoms. The third-order valence-corrected chi connectivity index (χ3v) is 6.21. The fraction of sp³-hybridized carbons (Fsp3) is 0.846. The van der Waals surface area contributed by atoms with E-state index in [1.165, 1.54) is 44.9 Å². The van der Waals surface area contributed by atoms with Crippen molar-refractivity contribution in [3.8, 4) is 0 Å². The summed E-state index contributed by atoms with van der Waals surface area (Å²) in [5.41, 5.74) is 0. The van der Waals surface area contributed by atoms with E-state index in [4.69, 9.17) is 0 Å². The van der Waals surface area contributed by atoms with Crippen LogP contribution in [0.2, 0.25) is 0 Å². The molecule has 0 radical (unpaired) electrons. The van der Waals surface area contributed by atoms with Crippen molar-refractivity contribution in [2.75, 3.05) is 0 Å². The third kappa shape index (κ3) is 1.31. The number of hydrogen-bond acceptors (Lipinski definition) is 0. The maximum absolute atomic E-state index is 4.11. The molecule has 0 spiro atoms. The molecule has 0 amide bonds. The van der Waals surface area contributed by atoms with Gasteiger partial charge in [-0.15, -0.1) is 0 Å². The van der Waals surface area contributed by atoms with Crippen molar-refractivity contribution in [1.82, 2.24) is 0 Å². The third-order valence-electron chi connectivity index (χ3n) is 4.65. The van der Waals surface area contributed by atoms with Crippen LogP contribution in [0.3, 0.4) is 0 Å². The second-order valence-corrected chi connectivity index (χ2v) is 6.93. The molecule has 2 bridgehead atoms. The molecule has 3 aliphatic carbocycles. The molecule has 0 nitrogen and oxygen atoms in total. The van der Waals surface area contributed by atoms with E-state index < -0.39 is 0 Å². The summed E-state index contributed by atoms with van der Waals surface area (Å²) in [6.07, 6.45) is 15.2. The molecule has 0 aromatic carbocycles. The monoisotopic (exact) mass is 254 g/mol. The number of hydrogen-bond donors (Lipinski definition) is 0. The predicted octanol–water partition coefficient (Wildman–Crippen LogP) is 4.30. The zero-order valence-corrected chi connectivity index (χ0v) is 10.3. The van der Waals surface area contributed by atoms with Crippen LogP contribution in [0.25, 0.3) is 0 Å². The fourth-order valence-corrected chi connectivity index (χ4v) is 5.10. The topological polar surface area (TPSA) is 0 Å². The van der Waals surface area contributed by atoms with Gasteiger partial charge in [0.05, 0.1) is 0 Å². The molecule has 0 aromatic heterocycles. The van der Waals surface area contributed by atoms with E-state index in [1.807, 2.05) is 0 Å². The van der Waals surface area contributed by atoms with Crippen LogP contribution in [0.5, 0.6) is 0 Å². The van der Waals surface area contributed by atoms with Crippen LogP contribution in [0.1, 0.15) is 44.9 Å². The van der Waals surface area contributed by atoms with E-state index in [9.17, 15) is 0 Å². The zero-order valence-electron chi connectivity index (χ0n) is 8.71. The molecule has 0 aliphatic heterocycles. The van der Waals surface area contributed by atoms with Crippen molar-refractivity contribution < 1.29 is 0 Å². The highest BCUT2D eigenvalue weighted by Crippen LogP contribution is 2.57. The predicted molar refractivity (Wildman–Crippen MR) is 63.6 cm³/mol. The molecule has 78 valence electrons. The van der Waals surface area contributed by atoms with Crippen LogP contribution < -0.4 is 0 Å². The molecule has 1 heteroatoms. The van der Waals surface area contributed by atoms with Gasteiger partial charge in [0.15, 0.2) is 0 Å². The summed E-state index contributed by atoms with van der Waals surface area (Å²) in [4.78, 5) is 0. The Hall–Kier alpha value is 0.220. The van der Waals surface area contributed by atoms with E-state index in [0.29, 0.717) is 4.32 Å². The van der Waals surface area contributed by atoms with E-state index in [0.717, 1.165) is 17.8 Å². The summed E-state index contributed by atoms with van der Waals surface area (Å²) in [5, 5.41) is 0. The Morgan fingerprint density at radius 3 is 2.43 bits per heavy atom. The fourth-order valence-electron chi connectivity index (χ4n) is 3.89. The minimum absolute atomic E-state index is 0.507. The van der Waals surface area contributed by atoms with Crippen molar-refractivity contribution in [3.63, 3.8) is 0 Å². The molecular weight excluding hydrogens is 236 g/mol. The maximum Gasteiger partial charge on any atom is 0.0354 e. The normalized spacial score (nSPS) is 47.5. The Labute approximate surface area is 95.3 Å². The van der Waals surface area contributed by atoms with Crippen LogP contribution in [-0.2, 0) is 0 Å². The van der Waals surface area contributed by atoms with Crippen molar-refractivity contribution in [2.45, 2.75) is 49.3 Å². The van der Waals surface area contributed by atoms with Gasteiger partial charge in [0.1, 0.15) is 0 Å². The largest absolute Gasteiger partial charge is 0.0850 e. The molecule has 0 aromatic rings. The van der Waals surface area contributed by atoms with E-state index in [-0.39, 0.29) is 0 Å². The molecule has 3 aliphatic rings. The molecule has 0 N–H and O–H groups in total. The average Bonchev–Trinajstić information content (AvgIpc) is 2.79. The quantitative estimate of drug-likeness (QED) is 0.484. The van der Waals surface area contributed by atoms with Gasteiger partial charge in [-0.2, -0.15) is 0 Å². The van der Waals surface area contributed by atoms with E-state index in [2.05, 4.69) is 28.1 Å². The van der Waals surface area contributed by atoms with E-state index >= 15 is 0 Å². The van der Waals surface area contributed by atoms with Crippen LogP contribution in [0.15, 0.2) is 12.2 Å². The Bertz CT molecular complexity index is 252. The van der Waals surface area contributed by atoms with Crippen molar-refractivity contribution in [1.29, 1.82) is 0 Å². The number of allylic oxidation sites excluding steroid dienone is 2. The highest BCUT2D eigenvalue weighted by Gasteiger charge is 2.50. The van der Waals surface area contributed by atoms with Crippen molar-refractivity contribution >= 4 is 15.9 Å². The standard InChI is InChI=1S/C13H19Br/c14-13(11-4-2-1-3-5-11)9-10-6-7-12(13)8-10/h6-7,10-12H,1-5,8-9H2. The van der Waals surface area contributed by atoms with Crippen LogP contribution in [0.4, 0.5) is 0 Å². The molecular formula is C13H19Br. The lowest BCUT2D eigenvalue weighted by Crippen LogP contribution is -2.36. The Kier molecular flexibility index (Phi) is 2.27. The van der Waals surface area contributed by atoms with Gasteiger partial charge in [-0.1, -0.05) is 47.3 Å². The summed E-state index contributed by atoms with van der Waals surface area (Å²) < 4.78 is 0.507. The van der Waals surface area contributed by atoms with Gasteiger partial charge in [0.25, 0.3) is 0 Å². The van der Waals surface area contributed by atoms with Gasteiger partial charge in [-0.05, 0) is 43.4 Å². The first-order chi connectivity index (χ1) is 6.79. The SMILES string of the molecule is BrC1(C2CCCCC2)CC2C=CC1C2. The minimum atomic E-state index is 0.507. The Morgan fingerprint density at radius 2 is 1.86 bits per heavy atom. The molecule has 0 heterocycles. The number of rotatable bonds is 1. The van der Waals surface area contributed by atoms with Crippen LogP contribution in [-0.4, -0.2) is 4.32 Å². The summed E-state index contributed by atoms with van der Waals surface area (Å²) in [7, 11) is 0. The first-order valence-electron chi connectivity index (χ1n) is 6.16. The van der Waals surface area contributed by atoms with Gasteiger partial charge in [-0.25, -0.2) is 0 Å². The summed E-state index contributed by atoms with van der Waals surface area (Å²) in [5.74, 6) is 2.73. The summed E-state index contributed by atoms with van der Waals surface area (Å²) in [6.45, 7) is 0. The molecule has 0 saturated heterocycles. The van der Waals surface area contributed by atoms with Crippen molar-refractivity contribution in [3.05, 3.63) is 12.2 Å². The maximum atomic E-state index is 4.11. The molecule has 3 rings (SSSR count). The Balaban J connectivity index is 1.79. The van der Waals surface area contributed by atoms with Gasteiger partial charge < -0.3 is 0 Å². The first kappa shape index (κ1) is 9.45. The van der Waals surface area contributed by atoms with Gasteiger partial charge >= 0.3 is 0 Å². The lowest BCUT2D eigenvalue weighted by atomic mass is 9.74. The van der Waals surface area contributed by atoms with Gasteiger partial charge in [-0.3, -0.25) is 0 Å². The molecule has 3 atom stereocenters. The average molecular weight is 255 g/mol. The second-order valence-electron chi connectivity index (χ2n) is 5.45. The van der Waals surface area contributed by atoms with Crippen LogP contribution >= 0.6 is 15.9 Å². The van der Waals surface area contributed by atoms with Gasteiger partial charge in [0.2, 0.25) is 0 Å². The lowest BCUT2D eigenvalue weighted by Gasteiger charge is -2.40. The molecule has 3 unspecified atom stereocenters. The first-order valence-corrected chi connectivity index (χ1v) is 6.95. The summed E-state index contributed by atoms with van der Waals surface area (Å²) in [6, 6.07) is 0. The second kappa shape index (κ2) is 3.37. The highest BCUT2D eigenvalue weighted by atomic mass is 79.9. The van der Waals surface area contributed by atoms with E-state index in [1.54, 1.807) is 0 Å². The smallest absolute Gasteiger partial charge is 0.0354 e. The molecule has 2 saturated carbocycles. The highest BCUT2D eigenvalue weighted by molar-refractivity contribution is 9.10. The van der Waals surface area contributed by atoms with Crippen molar-refractivity contribution in [2.24, 2.45) is 17.8 Å². The Morgan fingerprint density at radius 1 is 1.07 bits per heavy atom. The zero-order chi connectivity index (χ0) is 9.60. The molecule has 2 fully saturated rings. The van der Waals surface area contributed by atoms with Gasteiger partial charge in [0, 0.05) is 4.32 Å². The lowest BCUT2D eigenvalue weighted by molar-refractivity contribution is 0.256. The number of alkyl halides is 1. The number of halogens is 1.